The largest absolute Gasteiger partial charge is 0.416 e. The summed E-state index contributed by atoms with van der Waals surface area (Å²) >= 11 is 8.87. The van der Waals surface area contributed by atoms with E-state index in [1.54, 1.807) is 17.1 Å². The van der Waals surface area contributed by atoms with Gasteiger partial charge in [0.05, 0.1) is 17.7 Å². The second kappa shape index (κ2) is 8.98. The molecule has 9 heteroatoms. The Morgan fingerprint density at radius 3 is 2.43 bits per heavy atom. The van der Waals surface area contributed by atoms with Gasteiger partial charge < -0.3 is 5.32 Å². The van der Waals surface area contributed by atoms with Gasteiger partial charge in [0.1, 0.15) is 4.34 Å². The van der Waals surface area contributed by atoms with Crippen molar-refractivity contribution >= 4 is 46.3 Å². The molecule has 0 aliphatic carbocycles. The topological polar surface area (TPSA) is 42.0 Å². The van der Waals surface area contributed by atoms with E-state index in [0.717, 1.165) is 27.8 Å². The summed E-state index contributed by atoms with van der Waals surface area (Å²) in [5.74, 6) is 0.404. The van der Waals surface area contributed by atoms with Gasteiger partial charge in [0.2, 0.25) is 5.91 Å². The lowest BCUT2D eigenvalue weighted by Crippen LogP contribution is -2.15. The number of carbonyl (C=O) groups is 1. The average Bonchev–Trinajstić information content (AvgIpc) is 3.08. The Labute approximate surface area is 172 Å². The molecule has 2 aromatic carbocycles. The highest BCUT2D eigenvalue weighted by atomic mass is 35.5. The first-order valence-electron chi connectivity index (χ1n) is 8.08. The third-order valence-corrected chi connectivity index (χ3v) is 6.04. The summed E-state index contributed by atoms with van der Waals surface area (Å²) in [6.07, 6.45) is -4.34. The molecule has 0 unspecified atom stereocenters. The molecular weight excluding hydrogens is 429 g/mol. The Hall–Kier alpha value is -2.03. The molecule has 3 rings (SSSR count). The van der Waals surface area contributed by atoms with Gasteiger partial charge in [-0.3, -0.25) is 4.79 Å². The SMILES string of the molecule is O=C(Cc1csc(SCc2ccc(Cl)cc2)n1)Nc1ccc(C(F)(F)F)cc1. The first-order chi connectivity index (χ1) is 13.3. The lowest BCUT2D eigenvalue weighted by molar-refractivity contribution is -0.137. The Kier molecular flexibility index (Phi) is 6.64. The van der Waals surface area contributed by atoms with Crippen LogP contribution in [0.3, 0.4) is 0 Å². The molecule has 0 aliphatic rings. The van der Waals surface area contributed by atoms with E-state index in [0.29, 0.717) is 16.4 Å². The molecule has 1 aromatic heterocycles. The van der Waals surface area contributed by atoms with Crippen LogP contribution in [0.1, 0.15) is 16.8 Å². The molecular formula is C19H14ClF3N2OS2. The smallest absolute Gasteiger partial charge is 0.326 e. The van der Waals surface area contributed by atoms with Gasteiger partial charge in [-0.05, 0) is 42.0 Å². The van der Waals surface area contributed by atoms with Gasteiger partial charge in [-0.25, -0.2) is 4.98 Å². The summed E-state index contributed by atoms with van der Waals surface area (Å²) in [5.41, 5.74) is 1.29. The van der Waals surface area contributed by atoms with Crippen LogP contribution in [0.15, 0.2) is 58.3 Å². The summed E-state index contributed by atoms with van der Waals surface area (Å²) in [6.45, 7) is 0. The molecule has 1 N–H and O–H groups in total. The molecule has 0 spiro atoms. The number of nitrogens with one attached hydrogen (secondary N) is 1. The standard InChI is InChI=1S/C19H14ClF3N2OS2/c20-14-5-1-12(2-6-14)10-27-18-25-16(11-28-18)9-17(26)24-15-7-3-13(4-8-15)19(21,22)23/h1-8,11H,9-10H2,(H,24,26). The van der Waals surface area contributed by atoms with Crippen molar-refractivity contribution in [3.63, 3.8) is 0 Å². The van der Waals surface area contributed by atoms with Gasteiger partial charge in [-0.15, -0.1) is 11.3 Å². The minimum atomic E-state index is -4.40. The van der Waals surface area contributed by atoms with Gasteiger partial charge in [-0.2, -0.15) is 13.2 Å². The Bertz CT molecular complexity index is 941. The predicted octanol–water partition coefficient (Wildman–Crippen LogP) is 6.29. The van der Waals surface area contributed by atoms with Crippen molar-refractivity contribution in [3.8, 4) is 0 Å². The fourth-order valence-corrected chi connectivity index (χ4v) is 4.20. The first-order valence-corrected chi connectivity index (χ1v) is 10.3. The van der Waals surface area contributed by atoms with Gasteiger partial charge in [0, 0.05) is 21.8 Å². The normalized spacial score (nSPS) is 11.4. The molecule has 3 nitrogen and oxygen atoms in total. The maximum Gasteiger partial charge on any atom is 0.416 e. The molecule has 1 amide bonds. The van der Waals surface area contributed by atoms with Crippen molar-refractivity contribution in [2.45, 2.75) is 22.7 Å². The Balaban J connectivity index is 1.51. The number of alkyl halides is 3. The summed E-state index contributed by atoms with van der Waals surface area (Å²) in [5, 5.41) is 5.07. The van der Waals surface area contributed by atoms with Crippen molar-refractivity contribution in [1.82, 2.24) is 4.98 Å². The number of thiazole rings is 1. The number of hydrogen-bond acceptors (Lipinski definition) is 4. The lowest BCUT2D eigenvalue weighted by atomic mass is 10.2. The van der Waals surface area contributed by atoms with E-state index < -0.39 is 11.7 Å². The van der Waals surface area contributed by atoms with E-state index in [9.17, 15) is 18.0 Å². The number of rotatable bonds is 6. The highest BCUT2D eigenvalue weighted by Crippen LogP contribution is 2.30. The number of carbonyl (C=O) groups excluding carboxylic acids is 1. The zero-order valence-electron chi connectivity index (χ0n) is 14.3. The molecule has 0 fully saturated rings. The van der Waals surface area contributed by atoms with Crippen molar-refractivity contribution in [2.75, 3.05) is 5.32 Å². The van der Waals surface area contributed by atoms with Gasteiger partial charge in [0.15, 0.2) is 0 Å². The molecule has 1 heterocycles. The maximum atomic E-state index is 12.6. The zero-order chi connectivity index (χ0) is 20.1. The molecule has 0 saturated heterocycles. The third kappa shape index (κ3) is 5.98. The van der Waals surface area contributed by atoms with Crippen molar-refractivity contribution in [2.24, 2.45) is 0 Å². The van der Waals surface area contributed by atoms with E-state index in [-0.39, 0.29) is 12.3 Å². The fraction of sp³-hybridized carbons (Fsp3) is 0.158. The Morgan fingerprint density at radius 2 is 1.79 bits per heavy atom. The van der Waals surface area contributed by atoms with Crippen molar-refractivity contribution in [1.29, 1.82) is 0 Å². The number of nitrogens with zero attached hydrogens (tertiary/aromatic N) is 1. The highest BCUT2D eigenvalue weighted by Gasteiger charge is 2.29. The summed E-state index contributed by atoms with van der Waals surface area (Å²) in [7, 11) is 0. The number of anilines is 1. The zero-order valence-corrected chi connectivity index (χ0v) is 16.7. The molecule has 146 valence electrons. The van der Waals surface area contributed by atoms with E-state index in [2.05, 4.69) is 10.3 Å². The molecule has 0 atom stereocenters. The van der Waals surface area contributed by atoms with E-state index in [4.69, 9.17) is 11.6 Å². The molecule has 0 saturated carbocycles. The molecule has 3 aromatic rings. The number of amides is 1. The number of halogens is 4. The summed E-state index contributed by atoms with van der Waals surface area (Å²) < 4.78 is 38.5. The maximum absolute atomic E-state index is 12.6. The van der Waals surface area contributed by atoms with Gasteiger partial charge >= 0.3 is 6.18 Å². The Morgan fingerprint density at radius 1 is 1.11 bits per heavy atom. The monoisotopic (exact) mass is 442 g/mol. The fourth-order valence-electron chi connectivity index (χ4n) is 2.27. The van der Waals surface area contributed by atoms with Crippen LogP contribution in [-0.4, -0.2) is 10.9 Å². The third-order valence-electron chi connectivity index (χ3n) is 3.64. The second-order valence-electron chi connectivity index (χ2n) is 5.82. The quantitative estimate of drug-likeness (QED) is 0.456. The minimum Gasteiger partial charge on any atom is -0.326 e. The van der Waals surface area contributed by atoms with Crippen LogP contribution in [0.5, 0.6) is 0 Å². The van der Waals surface area contributed by atoms with Crippen LogP contribution >= 0.6 is 34.7 Å². The molecule has 28 heavy (non-hydrogen) atoms. The molecule has 0 aliphatic heterocycles. The van der Waals surface area contributed by atoms with Gasteiger partial charge in [-0.1, -0.05) is 35.5 Å². The number of thioether (sulfide) groups is 1. The van der Waals surface area contributed by atoms with E-state index >= 15 is 0 Å². The van der Waals surface area contributed by atoms with E-state index in [1.807, 2.05) is 24.3 Å². The van der Waals surface area contributed by atoms with Crippen molar-refractivity contribution < 1.29 is 18.0 Å². The summed E-state index contributed by atoms with van der Waals surface area (Å²) in [6, 6.07) is 11.9. The van der Waals surface area contributed by atoms with Crippen LogP contribution in [0.25, 0.3) is 0 Å². The van der Waals surface area contributed by atoms with Crippen LogP contribution in [-0.2, 0) is 23.1 Å². The average molecular weight is 443 g/mol. The van der Waals surface area contributed by atoms with Gasteiger partial charge in [0.25, 0.3) is 0 Å². The number of aromatic nitrogens is 1. The highest BCUT2D eigenvalue weighted by molar-refractivity contribution is 8.00. The van der Waals surface area contributed by atoms with Crippen LogP contribution in [0.2, 0.25) is 5.02 Å². The van der Waals surface area contributed by atoms with Crippen LogP contribution in [0.4, 0.5) is 18.9 Å². The summed E-state index contributed by atoms with van der Waals surface area (Å²) in [4.78, 5) is 16.5. The van der Waals surface area contributed by atoms with Crippen molar-refractivity contribution in [3.05, 3.63) is 75.8 Å². The number of hydrogen-bond donors (Lipinski definition) is 1. The number of benzene rings is 2. The van der Waals surface area contributed by atoms with Crippen LogP contribution < -0.4 is 5.32 Å². The molecule has 0 radical (unpaired) electrons. The predicted molar refractivity (Wildman–Crippen MR) is 107 cm³/mol. The molecule has 0 bridgehead atoms. The first kappa shape index (κ1) is 20.7. The second-order valence-corrected chi connectivity index (χ2v) is 8.34. The van der Waals surface area contributed by atoms with Crippen LogP contribution in [0, 0.1) is 0 Å². The minimum absolute atomic E-state index is 0.0546. The van der Waals surface area contributed by atoms with E-state index in [1.165, 1.54) is 23.5 Å². The lowest BCUT2D eigenvalue weighted by Gasteiger charge is -2.08.